The first kappa shape index (κ1) is 14.4. The summed E-state index contributed by atoms with van der Waals surface area (Å²) in [7, 11) is 1.55. The summed E-state index contributed by atoms with van der Waals surface area (Å²) in [6.07, 6.45) is 2.94. The molecule has 0 aromatic heterocycles. The lowest BCUT2D eigenvalue weighted by Crippen LogP contribution is -2.41. The van der Waals surface area contributed by atoms with Gasteiger partial charge in [0.25, 0.3) is 0 Å². The second-order valence-corrected chi connectivity index (χ2v) is 4.16. The topological polar surface area (TPSA) is 38.3 Å². The highest BCUT2D eigenvalue weighted by molar-refractivity contribution is 5.80. The number of amides is 1. The smallest absolute Gasteiger partial charge is 0.248 e. The molecule has 15 heavy (non-hydrogen) atoms. The van der Waals surface area contributed by atoms with Gasteiger partial charge < -0.3 is 10.1 Å². The van der Waals surface area contributed by atoms with Crippen LogP contribution in [0.3, 0.4) is 0 Å². The highest BCUT2D eigenvalue weighted by Crippen LogP contribution is 2.29. The molecule has 1 amide bonds. The zero-order valence-corrected chi connectivity index (χ0v) is 10.7. The molecule has 1 N–H and O–H groups in total. The predicted octanol–water partition coefficient (Wildman–Crippen LogP) is 2.35. The quantitative estimate of drug-likeness (QED) is 0.708. The van der Waals surface area contributed by atoms with Crippen LogP contribution >= 0.6 is 0 Å². The number of carbonyl (C=O) groups is 1. The lowest BCUT2D eigenvalue weighted by molar-refractivity contribution is -0.130. The van der Waals surface area contributed by atoms with Crippen molar-refractivity contribution in [1.82, 2.24) is 5.32 Å². The molecule has 0 unspecified atom stereocenters. The molecule has 0 heterocycles. The molecule has 90 valence electrons. The van der Waals surface area contributed by atoms with Crippen LogP contribution in [0, 0.1) is 5.41 Å². The Bertz CT molecular complexity index is 180. The standard InChI is InChI=1S/C12H25NO2/c1-6-12(7-2,8-3)9-13-11(14)10(4)15-5/h10H,6-9H2,1-5H3,(H,13,14)/t10-/m0/s1. The van der Waals surface area contributed by atoms with Crippen molar-refractivity contribution in [2.45, 2.75) is 53.1 Å². The van der Waals surface area contributed by atoms with Gasteiger partial charge in [0.05, 0.1) is 0 Å². The molecule has 0 aliphatic carbocycles. The summed E-state index contributed by atoms with van der Waals surface area (Å²) >= 11 is 0. The maximum atomic E-state index is 11.5. The zero-order valence-electron chi connectivity index (χ0n) is 10.7. The Morgan fingerprint density at radius 1 is 1.27 bits per heavy atom. The van der Waals surface area contributed by atoms with Crippen LogP contribution < -0.4 is 5.32 Å². The van der Waals surface area contributed by atoms with Crippen LogP contribution in [0.1, 0.15) is 47.0 Å². The van der Waals surface area contributed by atoms with Crippen LogP contribution in [-0.4, -0.2) is 25.7 Å². The summed E-state index contributed by atoms with van der Waals surface area (Å²) in [6.45, 7) is 9.06. The van der Waals surface area contributed by atoms with E-state index < -0.39 is 0 Å². The maximum Gasteiger partial charge on any atom is 0.248 e. The van der Waals surface area contributed by atoms with E-state index in [1.165, 1.54) is 0 Å². The summed E-state index contributed by atoms with van der Waals surface area (Å²) in [5.74, 6) is -0.0165. The van der Waals surface area contributed by atoms with E-state index in [1.54, 1.807) is 14.0 Å². The minimum atomic E-state index is -0.353. The normalized spacial score (nSPS) is 13.7. The van der Waals surface area contributed by atoms with Crippen LogP contribution in [0.2, 0.25) is 0 Å². The number of hydrogen-bond acceptors (Lipinski definition) is 2. The number of ether oxygens (including phenoxy) is 1. The molecule has 3 heteroatoms. The first-order valence-electron chi connectivity index (χ1n) is 5.85. The molecule has 0 spiro atoms. The zero-order chi connectivity index (χ0) is 11.9. The lowest BCUT2D eigenvalue weighted by Gasteiger charge is -2.31. The van der Waals surface area contributed by atoms with E-state index in [0.717, 1.165) is 25.8 Å². The number of carbonyl (C=O) groups excluding carboxylic acids is 1. The van der Waals surface area contributed by atoms with Gasteiger partial charge in [-0.25, -0.2) is 0 Å². The molecule has 0 rings (SSSR count). The Hall–Kier alpha value is -0.570. The Morgan fingerprint density at radius 3 is 2.07 bits per heavy atom. The summed E-state index contributed by atoms with van der Waals surface area (Å²) in [5.41, 5.74) is 0.253. The molecule has 0 saturated carbocycles. The van der Waals surface area contributed by atoms with Gasteiger partial charge in [0.2, 0.25) is 5.91 Å². The van der Waals surface area contributed by atoms with E-state index in [1.807, 2.05) is 0 Å². The Kier molecular flexibility index (Phi) is 6.57. The average Bonchev–Trinajstić information content (AvgIpc) is 2.30. The van der Waals surface area contributed by atoms with Crippen molar-refractivity contribution in [3.05, 3.63) is 0 Å². The highest BCUT2D eigenvalue weighted by Gasteiger charge is 2.25. The van der Waals surface area contributed by atoms with E-state index in [9.17, 15) is 4.79 Å². The second-order valence-electron chi connectivity index (χ2n) is 4.16. The molecule has 0 fully saturated rings. The maximum absolute atomic E-state index is 11.5. The van der Waals surface area contributed by atoms with Gasteiger partial charge >= 0.3 is 0 Å². The highest BCUT2D eigenvalue weighted by atomic mass is 16.5. The Balaban J connectivity index is 4.16. The number of nitrogens with one attached hydrogen (secondary N) is 1. The van der Waals surface area contributed by atoms with Crippen molar-refractivity contribution < 1.29 is 9.53 Å². The molecule has 0 aromatic rings. The van der Waals surface area contributed by atoms with E-state index in [4.69, 9.17) is 4.74 Å². The molecule has 3 nitrogen and oxygen atoms in total. The molecule has 0 bridgehead atoms. The van der Waals surface area contributed by atoms with E-state index in [2.05, 4.69) is 26.1 Å². The van der Waals surface area contributed by atoms with Crippen molar-refractivity contribution in [2.24, 2.45) is 5.41 Å². The van der Waals surface area contributed by atoms with Gasteiger partial charge in [-0.15, -0.1) is 0 Å². The molecular formula is C12H25NO2. The average molecular weight is 215 g/mol. The minimum Gasteiger partial charge on any atom is -0.372 e. The summed E-state index contributed by atoms with van der Waals surface area (Å²) in [6, 6.07) is 0. The fourth-order valence-corrected chi connectivity index (χ4v) is 1.65. The summed E-state index contributed by atoms with van der Waals surface area (Å²) in [5, 5.41) is 2.96. The predicted molar refractivity (Wildman–Crippen MR) is 62.8 cm³/mol. The van der Waals surface area contributed by atoms with Crippen molar-refractivity contribution in [1.29, 1.82) is 0 Å². The van der Waals surface area contributed by atoms with Crippen molar-refractivity contribution in [2.75, 3.05) is 13.7 Å². The fourth-order valence-electron chi connectivity index (χ4n) is 1.65. The molecule has 0 aliphatic rings. The largest absolute Gasteiger partial charge is 0.372 e. The first-order chi connectivity index (χ1) is 7.05. The molecule has 0 saturated heterocycles. The summed E-state index contributed by atoms with van der Waals surface area (Å²) in [4.78, 5) is 11.5. The third-order valence-corrected chi connectivity index (χ3v) is 3.61. The van der Waals surface area contributed by atoms with E-state index >= 15 is 0 Å². The minimum absolute atomic E-state index is 0.0165. The van der Waals surface area contributed by atoms with E-state index in [0.29, 0.717) is 0 Å². The lowest BCUT2D eigenvalue weighted by atomic mass is 9.80. The van der Waals surface area contributed by atoms with Crippen LogP contribution in [0.15, 0.2) is 0 Å². The number of hydrogen-bond donors (Lipinski definition) is 1. The van der Waals surface area contributed by atoms with Crippen LogP contribution in [0.25, 0.3) is 0 Å². The van der Waals surface area contributed by atoms with Gasteiger partial charge in [-0.2, -0.15) is 0 Å². The molecule has 0 aromatic carbocycles. The Morgan fingerprint density at radius 2 is 1.73 bits per heavy atom. The Labute approximate surface area is 93.6 Å². The SMILES string of the molecule is CCC(CC)(CC)CNC(=O)[C@H](C)OC. The van der Waals surface area contributed by atoms with Crippen LogP contribution in [0.5, 0.6) is 0 Å². The fraction of sp³-hybridized carbons (Fsp3) is 0.917. The molecule has 0 aliphatic heterocycles. The molecule has 0 radical (unpaired) electrons. The third-order valence-electron chi connectivity index (χ3n) is 3.61. The number of rotatable bonds is 7. The number of methoxy groups -OCH3 is 1. The van der Waals surface area contributed by atoms with Gasteiger partial charge in [0.1, 0.15) is 6.10 Å². The first-order valence-corrected chi connectivity index (χ1v) is 5.85. The van der Waals surface area contributed by atoms with Crippen LogP contribution in [0.4, 0.5) is 0 Å². The van der Waals surface area contributed by atoms with Gasteiger partial charge in [0.15, 0.2) is 0 Å². The summed E-state index contributed by atoms with van der Waals surface area (Å²) < 4.78 is 4.97. The molecule has 1 atom stereocenters. The monoisotopic (exact) mass is 215 g/mol. The van der Waals surface area contributed by atoms with Crippen molar-refractivity contribution >= 4 is 5.91 Å². The van der Waals surface area contributed by atoms with Crippen LogP contribution in [-0.2, 0) is 9.53 Å². The second kappa shape index (κ2) is 6.83. The van der Waals surface area contributed by atoms with Gasteiger partial charge in [-0.3, -0.25) is 4.79 Å². The third kappa shape index (κ3) is 4.20. The van der Waals surface area contributed by atoms with Gasteiger partial charge in [-0.1, -0.05) is 20.8 Å². The van der Waals surface area contributed by atoms with Crippen molar-refractivity contribution in [3.8, 4) is 0 Å². The molecular weight excluding hydrogens is 190 g/mol. The van der Waals surface area contributed by atoms with E-state index in [-0.39, 0.29) is 17.4 Å². The van der Waals surface area contributed by atoms with Gasteiger partial charge in [-0.05, 0) is 31.6 Å². The van der Waals surface area contributed by atoms with Crippen molar-refractivity contribution in [3.63, 3.8) is 0 Å². The van der Waals surface area contributed by atoms with Gasteiger partial charge in [0, 0.05) is 13.7 Å².